The van der Waals surface area contributed by atoms with Crippen molar-refractivity contribution in [3.63, 3.8) is 0 Å². The number of hydrogen-bond acceptors (Lipinski definition) is 2. The monoisotopic (exact) mass is 264 g/mol. The van der Waals surface area contributed by atoms with Gasteiger partial charge in [-0.25, -0.2) is 0 Å². The Balaban J connectivity index is 1.80. The van der Waals surface area contributed by atoms with Gasteiger partial charge in [0.2, 0.25) is 0 Å². The SMILES string of the molecule is Cc1nn(CCCOc2ccccc2)c(Cl)c1C. The third-order valence-electron chi connectivity index (χ3n) is 2.88. The average molecular weight is 265 g/mol. The summed E-state index contributed by atoms with van der Waals surface area (Å²) in [6.45, 7) is 5.40. The van der Waals surface area contributed by atoms with E-state index in [0.717, 1.165) is 35.1 Å². The molecule has 0 spiro atoms. The summed E-state index contributed by atoms with van der Waals surface area (Å²) in [4.78, 5) is 0. The predicted octanol–water partition coefficient (Wildman–Crippen LogP) is 3.62. The third-order valence-corrected chi connectivity index (χ3v) is 3.35. The Morgan fingerprint density at radius 1 is 1.22 bits per heavy atom. The van der Waals surface area contributed by atoms with Gasteiger partial charge in [0, 0.05) is 18.5 Å². The summed E-state index contributed by atoms with van der Waals surface area (Å²) < 4.78 is 7.45. The van der Waals surface area contributed by atoms with Crippen LogP contribution in [0.4, 0.5) is 0 Å². The molecule has 3 nitrogen and oxygen atoms in total. The molecule has 0 amide bonds. The normalized spacial score (nSPS) is 10.6. The van der Waals surface area contributed by atoms with E-state index < -0.39 is 0 Å². The van der Waals surface area contributed by atoms with Crippen molar-refractivity contribution in [3.8, 4) is 5.75 Å². The molecule has 4 heteroatoms. The molecule has 0 aliphatic rings. The van der Waals surface area contributed by atoms with Crippen molar-refractivity contribution in [3.05, 3.63) is 46.7 Å². The lowest BCUT2D eigenvalue weighted by Gasteiger charge is -2.06. The summed E-state index contributed by atoms with van der Waals surface area (Å²) in [7, 11) is 0. The highest BCUT2D eigenvalue weighted by atomic mass is 35.5. The van der Waals surface area contributed by atoms with Gasteiger partial charge in [-0.3, -0.25) is 4.68 Å². The highest BCUT2D eigenvalue weighted by Crippen LogP contribution is 2.18. The zero-order valence-electron chi connectivity index (χ0n) is 10.7. The van der Waals surface area contributed by atoms with Crippen LogP contribution in [0.3, 0.4) is 0 Å². The summed E-state index contributed by atoms with van der Waals surface area (Å²) in [5.74, 6) is 0.899. The van der Waals surface area contributed by atoms with Crippen LogP contribution in [-0.2, 0) is 6.54 Å². The van der Waals surface area contributed by atoms with Crippen LogP contribution in [0.25, 0.3) is 0 Å². The van der Waals surface area contributed by atoms with Crippen molar-refractivity contribution >= 4 is 11.6 Å². The molecule has 96 valence electrons. The van der Waals surface area contributed by atoms with Crippen molar-refractivity contribution in [2.75, 3.05) is 6.61 Å². The summed E-state index contributed by atoms with van der Waals surface area (Å²) in [6.07, 6.45) is 0.884. The first-order valence-corrected chi connectivity index (χ1v) is 6.43. The van der Waals surface area contributed by atoms with Gasteiger partial charge in [-0.05, 0) is 26.0 Å². The summed E-state index contributed by atoms with van der Waals surface area (Å²) in [6, 6.07) is 9.81. The fraction of sp³-hybridized carbons (Fsp3) is 0.357. The number of halogens is 1. The fourth-order valence-electron chi connectivity index (χ4n) is 1.71. The number of aryl methyl sites for hydroxylation is 2. The highest BCUT2D eigenvalue weighted by Gasteiger charge is 2.08. The predicted molar refractivity (Wildman–Crippen MR) is 73.3 cm³/mol. The van der Waals surface area contributed by atoms with Crippen LogP contribution in [-0.4, -0.2) is 16.4 Å². The topological polar surface area (TPSA) is 27.1 Å². The molecule has 0 aliphatic carbocycles. The highest BCUT2D eigenvalue weighted by molar-refractivity contribution is 6.30. The molecule has 1 aromatic heterocycles. The molecule has 2 aromatic rings. The third kappa shape index (κ3) is 3.05. The Morgan fingerprint density at radius 3 is 2.56 bits per heavy atom. The van der Waals surface area contributed by atoms with Gasteiger partial charge in [0.1, 0.15) is 10.9 Å². The van der Waals surface area contributed by atoms with Crippen molar-refractivity contribution in [2.24, 2.45) is 0 Å². The van der Waals surface area contributed by atoms with Crippen LogP contribution in [0.15, 0.2) is 30.3 Å². The lowest BCUT2D eigenvalue weighted by Crippen LogP contribution is -2.06. The van der Waals surface area contributed by atoms with Gasteiger partial charge in [0.25, 0.3) is 0 Å². The Bertz CT molecular complexity index is 508. The van der Waals surface area contributed by atoms with Crippen LogP contribution in [0, 0.1) is 13.8 Å². The molecule has 0 atom stereocenters. The molecule has 1 aromatic carbocycles. The number of rotatable bonds is 5. The van der Waals surface area contributed by atoms with E-state index in [1.165, 1.54) is 0 Å². The average Bonchev–Trinajstić information content (AvgIpc) is 2.64. The van der Waals surface area contributed by atoms with Gasteiger partial charge in [-0.1, -0.05) is 29.8 Å². The van der Waals surface area contributed by atoms with Crippen molar-refractivity contribution < 1.29 is 4.74 Å². The van der Waals surface area contributed by atoms with Gasteiger partial charge in [-0.2, -0.15) is 5.10 Å². The Labute approximate surface area is 112 Å². The van der Waals surface area contributed by atoms with E-state index in [4.69, 9.17) is 16.3 Å². The molecule has 0 saturated heterocycles. The molecule has 0 aliphatic heterocycles. The number of benzene rings is 1. The Morgan fingerprint density at radius 2 is 1.94 bits per heavy atom. The lowest BCUT2D eigenvalue weighted by atomic mass is 10.3. The number of para-hydroxylation sites is 1. The maximum absolute atomic E-state index is 6.17. The minimum absolute atomic E-state index is 0.665. The molecule has 1 heterocycles. The zero-order chi connectivity index (χ0) is 13.0. The van der Waals surface area contributed by atoms with Crippen LogP contribution in [0.5, 0.6) is 5.75 Å². The van der Waals surface area contributed by atoms with Gasteiger partial charge < -0.3 is 4.74 Å². The minimum atomic E-state index is 0.665. The molecule has 0 unspecified atom stereocenters. The quantitative estimate of drug-likeness (QED) is 0.771. The molecule has 0 N–H and O–H groups in total. The summed E-state index contributed by atoms with van der Waals surface area (Å²) in [5, 5.41) is 5.11. The molecular weight excluding hydrogens is 248 g/mol. The van der Waals surface area contributed by atoms with Crippen molar-refractivity contribution in [1.29, 1.82) is 0 Å². The second-order valence-corrected chi connectivity index (χ2v) is 4.60. The maximum atomic E-state index is 6.17. The smallest absolute Gasteiger partial charge is 0.130 e. The second kappa shape index (κ2) is 5.91. The Kier molecular flexibility index (Phi) is 4.26. The number of hydrogen-bond donors (Lipinski definition) is 0. The molecule has 0 saturated carbocycles. The molecular formula is C14H17ClN2O. The molecule has 2 rings (SSSR count). The van der Waals surface area contributed by atoms with E-state index >= 15 is 0 Å². The molecule has 0 bridgehead atoms. The van der Waals surface area contributed by atoms with E-state index in [-0.39, 0.29) is 0 Å². The summed E-state index contributed by atoms with van der Waals surface area (Å²) >= 11 is 6.17. The van der Waals surface area contributed by atoms with E-state index in [1.54, 1.807) is 0 Å². The second-order valence-electron chi connectivity index (χ2n) is 4.24. The van der Waals surface area contributed by atoms with Gasteiger partial charge in [-0.15, -0.1) is 0 Å². The standard InChI is InChI=1S/C14H17ClN2O/c1-11-12(2)16-17(14(11)15)9-6-10-18-13-7-4-3-5-8-13/h3-5,7-8H,6,9-10H2,1-2H3. The maximum Gasteiger partial charge on any atom is 0.130 e. The van der Waals surface area contributed by atoms with Gasteiger partial charge in [0.05, 0.1) is 12.3 Å². The van der Waals surface area contributed by atoms with E-state index in [0.29, 0.717) is 6.61 Å². The number of aromatic nitrogens is 2. The minimum Gasteiger partial charge on any atom is -0.494 e. The van der Waals surface area contributed by atoms with Crippen molar-refractivity contribution in [2.45, 2.75) is 26.8 Å². The van der Waals surface area contributed by atoms with Gasteiger partial charge >= 0.3 is 0 Å². The van der Waals surface area contributed by atoms with E-state index in [1.807, 2.05) is 48.9 Å². The van der Waals surface area contributed by atoms with Crippen LogP contribution in [0.1, 0.15) is 17.7 Å². The van der Waals surface area contributed by atoms with Crippen LogP contribution >= 0.6 is 11.6 Å². The van der Waals surface area contributed by atoms with Crippen LogP contribution < -0.4 is 4.74 Å². The van der Waals surface area contributed by atoms with Crippen molar-refractivity contribution in [1.82, 2.24) is 9.78 Å². The first-order valence-electron chi connectivity index (χ1n) is 6.06. The number of nitrogens with zero attached hydrogens (tertiary/aromatic N) is 2. The zero-order valence-corrected chi connectivity index (χ0v) is 11.4. The Hall–Kier alpha value is -1.48. The first kappa shape index (κ1) is 13.0. The van der Waals surface area contributed by atoms with Crippen LogP contribution in [0.2, 0.25) is 5.15 Å². The molecule has 18 heavy (non-hydrogen) atoms. The van der Waals surface area contributed by atoms with Gasteiger partial charge in [0.15, 0.2) is 0 Å². The first-order chi connectivity index (χ1) is 8.68. The van der Waals surface area contributed by atoms with E-state index in [2.05, 4.69) is 5.10 Å². The number of ether oxygens (including phenoxy) is 1. The molecule has 0 fully saturated rings. The van der Waals surface area contributed by atoms with E-state index in [9.17, 15) is 0 Å². The molecule has 0 radical (unpaired) electrons. The summed E-state index contributed by atoms with van der Waals surface area (Å²) in [5.41, 5.74) is 2.05. The fourth-order valence-corrected chi connectivity index (χ4v) is 1.97. The largest absolute Gasteiger partial charge is 0.494 e. The lowest BCUT2D eigenvalue weighted by molar-refractivity contribution is 0.298.